The van der Waals surface area contributed by atoms with Crippen molar-refractivity contribution in [3.63, 3.8) is 0 Å². The lowest BCUT2D eigenvalue weighted by Gasteiger charge is -2.29. The number of carboxylic acid groups (broad SMARTS) is 1. The first-order valence-electron chi connectivity index (χ1n) is 10.9. The minimum absolute atomic E-state index is 0.109. The quantitative estimate of drug-likeness (QED) is 0.450. The summed E-state index contributed by atoms with van der Waals surface area (Å²) in [5, 5.41) is 18.7. The van der Waals surface area contributed by atoms with Crippen molar-refractivity contribution in [3.05, 3.63) is 59.7 Å². The number of rotatable bonds is 6. The van der Waals surface area contributed by atoms with E-state index in [9.17, 15) is 14.3 Å². The average Bonchev–Trinajstić information content (AvgIpc) is 3.49. The van der Waals surface area contributed by atoms with Crippen molar-refractivity contribution in [2.45, 2.75) is 37.7 Å². The number of halogens is 1. The predicted molar refractivity (Wildman–Crippen MR) is 123 cm³/mol. The Morgan fingerprint density at radius 1 is 1.33 bits per heavy atom. The molecule has 2 N–H and O–H groups in total. The van der Waals surface area contributed by atoms with E-state index in [0.29, 0.717) is 19.6 Å². The summed E-state index contributed by atoms with van der Waals surface area (Å²) in [6, 6.07) is 10.5. The molecule has 1 aliphatic rings. The second-order valence-corrected chi connectivity index (χ2v) is 9.31. The number of benzene rings is 2. The number of fused-ring (bicyclic) bond motifs is 2. The highest BCUT2D eigenvalue weighted by Gasteiger charge is 2.39. The summed E-state index contributed by atoms with van der Waals surface area (Å²) >= 11 is 0. The minimum Gasteiger partial charge on any atom is -0.479 e. The predicted octanol–water partition coefficient (Wildman–Crippen LogP) is 4.53. The molecule has 3 heterocycles. The highest BCUT2D eigenvalue weighted by molar-refractivity contribution is 5.99. The number of carboxylic acids is 1. The van der Waals surface area contributed by atoms with Gasteiger partial charge in [-0.15, -0.1) is 0 Å². The first kappa shape index (κ1) is 21.6. The SMILES string of the molecule is COCC(C)(C)c1c(C2CO[C@H](C(=O)O)C2)c2cc3[nH]ncc3cc2n1-c1ccc(F)cc1. The fourth-order valence-electron chi connectivity index (χ4n) is 5.12. The van der Waals surface area contributed by atoms with Crippen LogP contribution in [-0.2, 0) is 19.7 Å². The Morgan fingerprint density at radius 3 is 2.76 bits per heavy atom. The monoisotopic (exact) mass is 451 g/mol. The Bertz CT molecular complexity index is 1340. The minimum atomic E-state index is -0.951. The molecule has 0 bridgehead atoms. The highest BCUT2D eigenvalue weighted by Crippen LogP contribution is 2.45. The number of methoxy groups -OCH3 is 1. The Kier molecular flexibility index (Phi) is 5.22. The van der Waals surface area contributed by atoms with Crippen LogP contribution in [0, 0.1) is 5.82 Å². The third-order valence-electron chi connectivity index (χ3n) is 6.48. The van der Waals surface area contributed by atoms with E-state index in [4.69, 9.17) is 9.47 Å². The van der Waals surface area contributed by atoms with E-state index < -0.39 is 17.5 Å². The summed E-state index contributed by atoms with van der Waals surface area (Å²) in [5.41, 5.74) is 4.28. The van der Waals surface area contributed by atoms with Crippen molar-refractivity contribution in [1.29, 1.82) is 0 Å². The van der Waals surface area contributed by atoms with Crippen LogP contribution in [0.25, 0.3) is 27.5 Å². The van der Waals surface area contributed by atoms with Gasteiger partial charge in [-0.2, -0.15) is 5.10 Å². The van der Waals surface area contributed by atoms with Gasteiger partial charge in [-0.1, -0.05) is 13.8 Å². The van der Waals surface area contributed by atoms with Gasteiger partial charge in [-0.25, -0.2) is 9.18 Å². The molecule has 0 amide bonds. The summed E-state index contributed by atoms with van der Waals surface area (Å²) < 4.78 is 27.2. The van der Waals surface area contributed by atoms with Gasteiger partial charge in [0.2, 0.25) is 0 Å². The number of carbonyl (C=O) groups is 1. The van der Waals surface area contributed by atoms with Crippen molar-refractivity contribution in [2.75, 3.05) is 20.3 Å². The smallest absolute Gasteiger partial charge is 0.332 e. The average molecular weight is 451 g/mol. The summed E-state index contributed by atoms with van der Waals surface area (Å²) in [4.78, 5) is 11.6. The number of ether oxygens (including phenoxy) is 2. The summed E-state index contributed by atoms with van der Waals surface area (Å²) in [5.74, 6) is -1.37. The van der Waals surface area contributed by atoms with Gasteiger partial charge in [0.15, 0.2) is 6.10 Å². The van der Waals surface area contributed by atoms with Crippen LogP contribution in [0.1, 0.15) is 37.4 Å². The molecule has 2 aromatic heterocycles. The third kappa shape index (κ3) is 3.59. The Balaban J connectivity index is 1.86. The number of nitrogens with one attached hydrogen (secondary N) is 1. The molecule has 1 saturated heterocycles. The lowest BCUT2D eigenvalue weighted by Crippen LogP contribution is -2.29. The third-order valence-corrected chi connectivity index (χ3v) is 6.48. The topological polar surface area (TPSA) is 89.4 Å². The molecule has 1 unspecified atom stereocenters. The maximum absolute atomic E-state index is 13.8. The lowest BCUT2D eigenvalue weighted by atomic mass is 9.82. The molecule has 0 spiro atoms. The summed E-state index contributed by atoms with van der Waals surface area (Å²) in [7, 11) is 1.67. The van der Waals surface area contributed by atoms with Gasteiger partial charge in [0.25, 0.3) is 0 Å². The molecular formula is C25H26FN3O4. The number of aromatic amines is 1. The number of hydrogen-bond acceptors (Lipinski definition) is 4. The van der Waals surface area contributed by atoms with Gasteiger partial charge in [0, 0.05) is 40.6 Å². The van der Waals surface area contributed by atoms with E-state index in [1.165, 1.54) is 12.1 Å². The summed E-state index contributed by atoms with van der Waals surface area (Å²) in [6.45, 7) is 4.97. The second-order valence-electron chi connectivity index (χ2n) is 9.31. The van der Waals surface area contributed by atoms with Crippen molar-refractivity contribution in [3.8, 4) is 5.69 Å². The van der Waals surface area contributed by atoms with Crippen LogP contribution < -0.4 is 0 Å². The van der Waals surface area contributed by atoms with Gasteiger partial charge in [-0.3, -0.25) is 5.10 Å². The van der Waals surface area contributed by atoms with Gasteiger partial charge < -0.3 is 19.1 Å². The zero-order chi connectivity index (χ0) is 23.3. The largest absolute Gasteiger partial charge is 0.479 e. The maximum atomic E-state index is 13.8. The van der Waals surface area contributed by atoms with E-state index in [0.717, 1.165) is 38.8 Å². The number of hydrogen-bond donors (Lipinski definition) is 2. The Hall–Kier alpha value is -3.23. The van der Waals surface area contributed by atoms with Gasteiger partial charge in [0.1, 0.15) is 5.82 Å². The molecule has 33 heavy (non-hydrogen) atoms. The molecule has 0 saturated carbocycles. The molecule has 4 aromatic rings. The number of H-pyrrole nitrogens is 1. The molecule has 1 aliphatic heterocycles. The first-order valence-corrected chi connectivity index (χ1v) is 10.9. The fourth-order valence-corrected chi connectivity index (χ4v) is 5.12. The van der Waals surface area contributed by atoms with Gasteiger partial charge >= 0.3 is 5.97 Å². The zero-order valence-corrected chi connectivity index (χ0v) is 18.8. The first-order chi connectivity index (χ1) is 15.8. The van der Waals surface area contributed by atoms with Crippen LogP contribution in [0.2, 0.25) is 0 Å². The van der Waals surface area contributed by atoms with Crippen molar-refractivity contribution >= 4 is 27.8 Å². The molecule has 0 radical (unpaired) electrons. The molecule has 7 nitrogen and oxygen atoms in total. The number of aromatic nitrogens is 3. The zero-order valence-electron chi connectivity index (χ0n) is 18.8. The van der Waals surface area contributed by atoms with Crippen LogP contribution in [0.3, 0.4) is 0 Å². The molecule has 2 atom stereocenters. The van der Waals surface area contributed by atoms with Crippen LogP contribution in [-0.4, -0.2) is 52.3 Å². The lowest BCUT2D eigenvalue weighted by molar-refractivity contribution is -0.147. The van der Waals surface area contributed by atoms with Gasteiger partial charge in [0.05, 0.1) is 30.4 Å². The molecule has 2 aromatic carbocycles. The van der Waals surface area contributed by atoms with Crippen molar-refractivity contribution in [2.24, 2.45) is 0 Å². The molecule has 0 aliphatic carbocycles. The molecule has 8 heteroatoms. The van der Waals surface area contributed by atoms with Crippen molar-refractivity contribution < 1.29 is 23.8 Å². The number of aliphatic carboxylic acids is 1. The molecular weight excluding hydrogens is 425 g/mol. The van der Waals surface area contributed by atoms with Crippen LogP contribution in [0.4, 0.5) is 4.39 Å². The normalized spacial score (nSPS) is 19.0. The van der Waals surface area contributed by atoms with E-state index in [1.807, 2.05) is 0 Å². The molecule has 5 rings (SSSR count). The van der Waals surface area contributed by atoms with Crippen molar-refractivity contribution in [1.82, 2.24) is 14.8 Å². The van der Waals surface area contributed by atoms with E-state index in [2.05, 4.69) is 40.7 Å². The summed E-state index contributed by atoms with van der Waals surface area (Å²) in [6.07, 6.45) is 1.32. The van der Waals surface area contributed by atoms with E-state index in [-0.39, 0.29) is 11.7 Å². The van der Waals surface area contributed by atoms with Crippen LogP contribution >= 0.6 is 0 Å². The molecule has 1 fully saturated rings. The molecule has 172 valence electrons. The second kappa shape index (κ2) is 7.97. The van der Waals surface area contributed by atoms with Crippen LogP contribution in [0.5, 0.6) is 0 Å². The van der Waals surface area contributed by atoms with E-state index in [1.54, 1.807) is 25.4 Å². The maximum Gasteiger partial charge on any atom is 0.332 e. The fraction of sp³-hybridized carbons (Fsp3) is 0.360. The van der Waals surface area contributed by atoms with Crippen LogP contribution in [0.15, 0.2) is 42.6 Å². The van der Waals surface area contributed by atoms with E-state index >= 15 is 0 Å². The Labute approximate surface area is 190 Å². The standard InChI is InChI=1S/C25H26FN3O4/c1-25(2,13-32-3)23-22(15-9-21(24(30)31)33-12-15)18-10-19-14(11-27-28-19)8-20(18)29(23)17-6-4-16(26)5-7-17/h4-8,10-11,15,21H,9,12-13H2,1-3H3,(H,27,28)(H,30,31)/t15?,21-/m0/s1. The van der Waals surface area contributed by atoms with Gasteiger partial charge in [-0.05, 0) is 48.4 Å². The Morgan fingerprint density at radius 2 is 2.09 bits per heavy atom. The number of nitrogens with zero attached hydrogens (tertiary/aromatic N) is 2. The highest BCUT2D eigenvalue weighted by atomic mass is 19.1.